The van der Waals surface area contributed by atoms with Crippen LogP contribution in [0.5, 0.6) is 0 Å². The highest BCUT2D eigenvalue weighted by Crippen LogP contribution is 2.24. The predicted molar refractivity (Wildman–Crippen MR) is 56.7 cm³/mol. The van der Waals surface area contributed by atoms with Crippen molar-refractivity contribution in [3.63, 3.8) is 0 Å². The van der Waals surface area contributed by atoms with E-state index in [1.165, 1.54) is 17.4 Å². The quantitative estimate of drug-likeness (QED) is 0.835. The van der Waals surface area contributed by atoms with Crippen LogP contribution >= 0.6 is 11.3 Å². The van der Waals surface area contributed by atoms with Crippen LogP contribution in [-0.4, -0.2) is 0 Å². The SMILES string of the molecule is N[C@H](c1ccc(F)c(F)c1)c1cccs1. The van der Waals surface area contributed by atoms with E-state index in [1.807, 2.05) is 17.5 Å². The number of hydrogen-bond acceptors (Lipinski definition) is 2. The second-order valence-corrected chi connectivity index (χ2v) is 4.15. The molecule has 0 amide bonds. The zero-order valence-electron chi connectivity index (χ0n) is 7.78. The van der Waals surface area contributed by atoms with Gasteiger partial charge in [0.1, 0.15) is 0 Å². The highest BCUT2D eigenvalue weighted by molar-refractivity contribution is 7.10. The number of rotatable bonds is 2. The van der Waals surface area contributed by atoms with Gasteiger partial charge >= 0.3 is 0 Å². The predicted octanol–water partition coefficient (Wildman–Crippen LogP) is 3.07. The molecule has 4 heteroatoms. The molecule has 0 saturated heterocycles. The summed E-state index contributed by atoms with van der Waals surface area (Å²) >= 11 is 1.49. The summed E-state index contributed by atoms with van der Waals surface area (Å²) in [6.07, 6.45) is 0. The van der Waals surface area contributed by atoms with Gasteiger partial charge in [-0.15, -0.1) is 11.3 Å². The van der Waals surface area contributed by atoms with Gasteiger partial charge in [0.2, 0.25) is 0 Å². The largest absolute Gasteiger partial charge is 0.320 e. The summed E-state index contributed by atoms with van der Waals surface area (Å²) in [5.41, 5.74) is 6.48. The normalized spacial score (nSPS) is 12.7. The molecule has 1 aromatic carbocycles. The first kappa shape index (κ1) is 10.3. The molecular weight excluding hydrogens is 216 g/mol. The Morgan fingerprint density at radius 2 is 1.93 bits per heavy atom. The molecule has 2 aromatic rings. The van der Waals surface area contributed by atoms with Crippen molar-refractivity contribution in [2.75, 3.05) is 0 Å². The number of halogens is 2. The first-order valence-electron chi connectivity index (χ1n) is 4.42. The van der Waals surface area contributed by atoms with E-state index in [0.717, 1.165) is 17.0 Å². The Hall–Kier alpha value is -1.26. The molecule has 0 spiro atoms. The van der Waals surface area contributed by atoms with Crippen LogP contribution in [0.1, 0.15) is 16.5 Å². The van der Waals surface area contributed by atoms with Gasteiger partial charge in [-0.25, -0.2) is 8.78 Å². The van der Waals surface area contributed by atoms with E-state index in [2.05, 4.69) is 0 Å². The van der Waals surface area contributed by atoms with Crippen molar-refractivity contribution in [3.8, 4) is 0 Å². The molecule has 1 heterocycles. The average molecular weight is 225 g/mol. The molecule has 1 atom stereocenters. The van der Waals surface area contributed by atoms with Gasteiger partial charge in [-0.2, -0.15) is 0 Å². The Kier molecular flexibility index (Phi) is 2.79. The van der Waals surface area contributed by atoms with Crippen molar-refractivity contribution in [3.05, 3.63) is 57.8 Å². The Labute approximate surface area is 90.2 Å². The van der Waals surface area contributed by atoms with Crippen LogP contribution < -0.4 is 5.73 Å². The maximum absolute atomic E-state index is 13.0. The topological polar surface area (TPSA) is 26.0 Å². The molecule has 0 aliphatic heterocycles. The van der Waals surface area contributed by atoms with Crippen molar-refractivity contribution in [1.82, 2.24) is 0 Å². The first-order chi connectivity index (χ1) is 7.18. The number of thiophene rings is 1. The van der Waals surface area contributed by atoms with Gasteiger partial charge in [-0.05, 0) is 29.1 Å². The molecule has 0 saturated carbocycles. The number of hydrogen-bond donors (Lipinski definition) is 1. The zero-order valence-corrected chi connectivity index (χ0v) is 8.60. The summed E-state index contributed by atoms with van der Waals surface area (Å²) in [4.78, 5) is 0.931. The van der Waals surface area contributed by atoms with Crippen LogP contribution in [0.4, 0.5) is 8.78 Å². The van der Waals surface area contributed by atoms with Crippen LogP contribution in [-0.2, 0) is 0 Å². The lowest BCUT2D eigenvalue weighted by Gasteiger charge is -2.09. The molecule has 0 unspecified atom stereocenters. The zero-order chi connectivity index (χ0) is 10.8. The van der Waals surface area contributed by atoms with Gasteiger partial charge in [0.15, 0.2) is 11.6 Å². The molecule has 15 heavy (non-hydrogen) atoms. The van der Waals surface area contributed by atoms with E-state index < -0.39 is 11.6 Å². The summed E-state index contributed by atoms with van der Waals surface area (Å²) in [7, 11) is 0. The van der Waals surface area contributed by atoms with Gasteiger partial charge < -0.3 is 5.73 Å². The molecule has 2 N–H and O–H groups in total. The van der Waals surface area contributed by atoms with E-state index >= 15 is 0 Å². The molecule has 0 bridgehead atoms. The van der Waals surface area contributed by atoms with Crippen molar-refractivity contribution >= 4 is 11.3 Å². The van der Waals surface area contributed by atoms with Crippen LogP contribution in [0, 0.1) is 11.6 Å². The van der Waals surface area contributed by atoms with E-state index in [9.17, 15) is 8.78 Å². The molecule has 0 aliphatic rings. The Bertz CT molecular complexity index is 454. The molecule has 1 aromatic heterocycles. The minimum atomic E-state index is -0.862. The second kappa shape index (κ2) is 4.08. The first-order valence-corrected chi connectivity index (χ1v) is 5.30. The Balaban J connectivity index is 2.34. The van der Waals surface area contributed by atoms with Gasteiger partial charge in [0, 0.05) is 4.88 Å². The van der Waals surface area contributed by atoms with Crippen LogP contribution in [0.2, 0.25) is 0 Å². The van der Waals surface area contributed by atoms with Gasteiger partial charge in [-0.1, -0.05) is 12.1 Å². The summed E-state index contributed by atoms with van der Waals surface area (Å²) in [6, 6.07) is 7.09. The fourth-order valence-corrected chi connectivity index (χ4v) is 2.09. The van der Waals surface area contributed by atoms with Gasteiger partial charge in [-0.3, -0.25) is 0 Å². The van der Waals surface area contributed by atoms with Crippen LogP contribution in [0.25, 0.3) is 0 Å². The molecular formula is C11H9F2NS. The lowest BCUT2D eigenvalue weighted by Crippen LogP contribution is -2.10. The van der Waals surface area contributed by atoms with E-state index in [0.29, 0.717) is 5.56 Å². The minimum absolute atomic E-state index is 0.389. The van der Waals surface area contributed by atoms with E-state index in [-0.39, 0.29) is 6.04 Å². The summed E-state index contributed by atoms with van der Waals surface area (Å²) < 4.78 is 25.6. The highest BCUT2D eigenvalue weighted by Gasteiger charge is 2.12. The highest BCUT2D eigenvalue weighted by atomic mass is 32.1. The number of nitrogens with two attached hydrogens (primary N) is 1. The Morgan fingerprint density at radius 1 is 1.13 bits per heavy atom. The summed E-state index contributed by atoms with van der Waals surface area (Å²) in [6.45, 7) is 0. The fourth-order valence-electron chi connectivity index (χ4n) is 1.34. The van der Waals surface area contributed by atoms with Crippen molar-refractivity contribution < 1.29 is 8.78 Å². The maximum Gasteiger partial charge on any atom is 0.159 e. The summed E-state index contributed by atoms with van der Waals surface area (Å²) in [5.74, 6) is -1.71. The molecule has 0 aliphatic carbocycles. The van der Waals surface area contributed by atoms with Gasteiger partial charge in [0.05, 0.1) is 6.04 Å². The Morgan fingerprint density at radius 3 is 2.53 bits per heavy atom. The third-order valence-electron chi connectivity index (χ3n) is 2.15. The van der Waals surface area contributed by atoms with E-state index in [1.54, 1.807) is 0 Å². The van der Waals surface area contributed by atoms with Crippen molar-refractivity contribution in [2.45, 2.75) is 6.04 Å². The van der Waals surface area contributed by atoms with Crippen molar-refractivity contribution in [1.29, 1.82) is 0 Å². The van der Waals surface area contributed by atoms with Crippen LogP contribution in [0.15, 0.2) is 35.7 Å². The van der Waals surface area contributed by atoms with Crippen LogP contribution in [0.3, 0.4) is 0 Å². The molecule has 78 valence electrons. The lowest BCUT2D eigenvalue weighted by molar-refractivity contribution is 0.506. The lowest BCUT2D eigenvalue weighted by atomic mass is 10.1. The van der Waals surface area contributed by atoms with E-state index in [4.69, 9.17) is 5.73 Å². The van der Waals surface area contributed by atoms with Gasteiger partial charge in [0.25, 0.3) is 0 Å². The third kappa shape index (κ3) is 2.06. The molecule has 0 fully saturated rings. The monoisotopic (exact) mass is 225 g/mol. The smallest absolute Gasteiger partial charge is 0.159 e. The minimum Gasteiger partial charge on any atom is -0.320 e. The second-order valence-electron chi connectivity index (χ2n) is 3.17. The molecule has 1 nitrogen and oxygen atoms in total. The fraction of sp³-hybridized carbons (Fsp3) is 0.0909. The third-order valence-corrected chi connectivity index (χ3v) is 3.11. The number of benzene rings is 1. The summed E-state index contributed by atoms with van der Waals surface area (Å²) in [5, 5.41) is 1.90. The molecule has 0 radical (unpaired) electrons. The molecule has 2 rings (SSSR count). The maximum atomic E-state index is 13.0. The van der Waals surface area contributed by atoms with Crippen molar-refractivity contribution in [2.24, 2.45) is 5.73 Å². The average Bonchev–Trinajstić information content (AvgIpc) is 2.74. The standard InChI is InChI=1S/C11H9F2NS/c12-8-4-3-7(6-9(8)13)11(14)10-2-1-5-15-10/h1-6,11H,14H2/t11-/m1/s1.